The second-order valence-electron chi connectivity index (χ2n) is 5.53. The summed E-state index contributed by atoms with van der Waals surface area (Å²) in [6, 6.07) is 9.73. The smallest absolute Gasteiger partial charge is 0.0991 e. The molecule has 25 heavy (non-hydrogen) atoms. The molecule has 4 heteroatoms. The molecule has 1 aromatic carbocycles. The molecular weight excluding hydrogens is 308 g/mol. The Morgan fingerprint density at radius 2 is 1.96 bits per heavy atom. The fraction of sp³-hybridized carbons (Fsp3) is 0.238. The maximum atomic E-state index is 8.72. The molecule has 0 unspecified atom stereocenters. The molecule has 132 valence electrons. The number of nitrogens with two attached hydrogens (primary N) is 1. The Hall–Kier alpha value is -2.90. The highest BCUT2D eigenvalue weighted by Crippen LogP contribution is 2.06. The fourth-order valence-electron chi connectivity index (χ4n) is 1.85. The Kier molecular flexibility index (Phi) is 12.0. The van der Waals surface area contributed by atoms with Gasteiger partial charge in [-0.05, 0) is 50.7 Å². The molecule has 1 rings (SSSR count). The highest BCUT2D eigenvalue weighted by atomic mass is 15.1. The van der Waals surface area contributed by atoms with Gasteiger partial charge in [-0.2, -0.15) is 5.26 Å². The second kappa shape index (κ2) is 13.5. The third-order valence-corrected chi connectivity index (χ3v) is 2.97. The van der Waals surface area contributed by atoms with E-state index in [2.05, 4.69) is 17.5 Å². The minimum atomic E-state index is 0.555. The Balaban J connectivity index is 0.000000697. The van der Waals surface area contributed by atoms with Crippen molar-refractivity contribution in [2.24, 2.45) is 5.73 Å². The van der Waals surface area contributed by atoms with E-state index in [1.165, 1.54) is 5.56 Å². The molecule has 0 aromatic heterocycles. The topological polar surface area (TPSA) is 76.9 Å². The molecule has 0 aliphatic carbocycles. The molecule has 0 fully saturated rings. The molecule has 0 heterocycles. The SMILES string of the molecule is C/C=C\C=C(/N)CN(C)Cc1ccc(C#N)cc1.C=C/C=C\C(C)=N. The highest BCUT2D eigenvalue weighted by Gasteiger charge is 2.01. The molecule has 0 saturated carbocycles. The van der Waals surface area contributed by atoms with Gasteiger partial charge in [-0.15, -0.1) is 0 Å². The van der Waals surface area contributed by atoms with E-state index in [0.29, 0.717) is 11.3 Å². The van der Waals surface area contributed by atoms with Crippen LogP contribution in [0.3, 0.4) is 0 Å². The summed E-state index contributed by atoms with van der Waals surface area (Å²) in [6.07, 6.45) is 10.9. The number of likely N-dealkylation sites (N-methyl/N-ethyl adjacent to an activating group) is 1. The van der Waals surface area contributed by atoms with E-state index in [9.17, 15) is 0 Å². The third-order valence-electron chi connectivity index (χ3n) is 2.97. The zero-order chi connectivity index (χ0) is 19.1. The Bertz CT molecular complexity index is 658. The summed E-state index contributed by atoms with van der Waals surface area (Å²) in [5, 5.41) is 15.6. The zero-order valence-corrected chi connectivity index (χ0v) is 15.4. The molecule has 0 bridgehead atoms. The van der Waals surface area contributed by atoms with Crippen LogP contribution in [-0.2, 0) is 6.54 Å². The predicted octanol–water partition coefficient (Wildman–Crippen LogP) is 4.18. The van der Waals surface area contributed by atoms with Gasteiger partial charge in [0.2, 0.25) is 0 Å². The number of hydrogen-bond donors (Lipinski definition) is 2. The summed E-state index contributed by atoms with van der Waals surface area (Å²) in [7, 11) is 2.02. The molecule has 1 aromatic rings. The Morgan fingerprint density at radius 3 is 2.40 bits per heavy atom. The van der Waals surface area contributed by atoms with Crippen LogP contribution in [0.4, 0.5) is 0 Å². The Labute approximate surface area is 151 Å². The summed E-state index contributed by atoms with van der Waals surface area (Å²) in [5.41, 5.74) is 9.14. The summed E-state index contributed by atoms with van der Waals surface area (Å²) in [4.78, 5) is 2.14. The maximum Gasteiger partial charge on any atom is 0.0991 e. The van der Waals surface area contributed by atoms with Crippen LogP contribution in [-0.4, -0.2) is 24.2 Å². The van der Waals surface area contributed by atoms with Crippen LogP contribution < -0.4 is 5.73 Å². The van der Waals surface area contributed by atoms with Crippen LogP contribution in [0.5, 0.6) is 0 Å². The monoisotopic (exact) mass is 336 g/mol. The molecule has 0 aliphatic rings. The number of allylic oxidation sites excluding steroid dienone is 6. The summed E-state index contributed by atoms with van der Waals surface area (Å²) >= 11 is 0. The van der Waals surface area contributed by atoms with Crippen molar-refractivity contribution in [1.82, 2.24) is 4.90 Å². The van der Waals surface area contributed by atoms with Crippen molar-refractivity contribution in [2.75, 3.05) is 13.6 Å². The lowest BCUT2D eigenvalue weighted by molar-refractivity contribution is 0.354. The van der Waals surface area contributed by atoms with Crippen molar-refractivity contribution < 1.29 is 0 Å². The molecule has 0 spiro atoms. The van der Waals surface area contributed by atoms with Gasteiger partial charge in [0.25, 0.3) is 0 Å². The van der Waals surface area contributed by atoms with Crippen LogP contribution in [0, 0.1) is 16.7 Å². The van der Waals surface area contributed by atoms with Crippen molar-refractivity contribution in [1.29, 1.82) is 10.7 Å². The van der Waals surface area contributed by atoms with Gasteiger partial charge in [-0.3, -0.25) is 4.90 Å². The number of benzene rings is 1. The van der Waals surface area contributed by atoms with E-state index in [-0.39, 0.29) is 0 Å². The molecule has 0 radical (unpaired) electrons. The normalized spacial score (nSPS) is 11.2. The lowest BCUT2D eigenvalue weighted by Crippen LogP contribution is -2.23. The first-order valence-corrected chi connectivity index (χ1v) is 8.02. The minimum Gasteiger partial charge on any atom is -0.401 e. The molecule has 3 N–H and O–H groups in total. The van der Waals surface area contributed by atoms with Gasteiger partial charge in [-0.25, -0.2) is 0 Å². The average Bonchev–Trinajstić information content (AvgIpc) is 2.59. The first kappa shape index (κ1) is 22.1. The largest absolute Gasteiger partial charge is 0.401 e. The van der Waals surface area contributed by atoms with E-state index in [4.69, 9.17) is 16.4 Å². The summed E-state index contributed by atoms with van der Waals surface area (Å²) in [5.74, 6) is 0. The first-order valence-electron chi connectivity index (χ1n) is 8.02. The quantitative estimate of drug-likeness (QED) is 0.579. The van der Waals surface area contributed by atoms with Crippen LogP contribution >= 0.6 is 0 Å². The van der Waals surface area contributed by atoms with Crippen molar-refractivity contribution in [3.05, 3.63) is 84.1 Å². The van der Waals surface area contributed by atoms with E-state index >= 15 is 0 Å². The summed E-state index contributed by atoms with van der Waals surface area (Å²) < 4.78 is 0. The average molecular weight is 336 g/mol. The van der Waals surface area contributed by atoms with E-state index in [1.54, 1.807) is 25.2 Å². The molecule has 0 atom stereocenters. The Morgan fingerprint density at radius 1 is 1.32 bits per heavy atom. The number of nitrogens with zero attached hydrogens (tertiary/aromatic N) is 2. The number of nitrogens with one attached hydrogen (secondary N) is 1. The zero-order valence-electron chi connectivity index (χ0n) is 15.4. The van der Waals surface area contributed by atoms with Gasteiger partial charge in [0.1, 0.15) is 0 Å². The minimum absolute atomic E-state index is 0.555. The first-order chi connectivity index (χ1) is 11.9. The van der Waals surface area contributed by atoms with Gasteiger partial charge in [0.15, 0.2) is 0 Å². The van der Waals surface area contributed by atoms with Gasteiger partial charge >= 0.3 is 0 Å². The molecule has 0 aliphatic heterocycles. The number of nitriles is 1. The van der Waals surface area contributed by atoms with Crippen molar-refractivity contribution in [3.63, 3.8) is 0 Å². The highest BCUT2D eigenvalue weighted by molar-refractivity contribution is 5.90. The van der Waals surface area contributed by atoms with Gasteiger partial charge in [-0.1, -0.05) is 43.0 Å². The predicted molar refractivity (Wildman–Crippen MR) is 107 cm³/mol. The lowest BCUT2D eigenvalue weighted by atomic mass is 10.1. The van der Waals surface area contributed by atoms with Crippen molar-refractivity contribution in [2.45, 2.75) is 20.4 Å². The molecular formula is C21H28N4. The van der Waals surface area contributed by atoms with E-state index in [0.717, 1.165) is 18.8 Å². The van der Waals surface area contributed by atoms with Crippen molar-refractivity contribution in [3.8, 4) is 6.07 Å². The van der Waals surface area contributed by atoms with Gasteiger partial charge < -0.3 is 11.1 Å². The summed E-state index contributed by atoms with van der Waals surface area (Å²) in [6.45, 7) is 8.68. The van der Waals surface area contributed by atoms with Crippen LogP contribution in [0.1, 0.15) is 25.0 Å². The third kappa shape index (κ3) is 12.2. The fourth-order valence-corrected chi connectivity index (χ4v) is 1.85. The van der Waals surface area contributed by atoms with Gasteiger partial charge in [0.05, 0.1) is 11.6 Å². The van der Waals surface area contributed by atoms with Crippen LogP contribution in [0.25, 0.3) is 0 Å². The number of hydrogen-bond acceptors (Lipinski definition) is 4. The second-order valence-corrected chi connectivity index (χ2v) is 5.53. The van der Waals surface area contributed by atoms with Crippen LogP contribution in [0.15, 0.2) is 73.0 Å². The maximum absolute atomic E-state index is 8.72. The molecule has 0 amide bonds. The van der Waals surface area contributed by atoms with E-state index < -0.39 is 0 Å². The van der Waals surface area contributed by atoms with Crippen LogP contribution in [0.2, 0.25) is 0 Å². The van der Waals surface area contributed by atoms with E-state index in [1.807, 2.05) is 56.5 Å². The van der Waals surface area contributed by atoms with Crippen molar-refractivity contribution >= 4 is 5.71 Å². The number of rotatable bonds is 7. The molecule has 4 nitrogen and oxygen atoms in total. The molecule has 0 saturated heterocycles. The lowest BCUT2D eigenvalue weighted by Gasteiger charge is -2.16. The van der Waals surface area contributed by atoms with Gasteiger partial charge in [0, 0.05) is 24.5 Å². The standard InChI is InChI=1S/C15H19N3.C6H9N/c1-3-4-5-15(17)12-18(2)11-14-8-6-13(10-16)7-9-14;1-3-4-5-6(2)7/h3-9H,11-12,17H2,1-2H3;3-5,7H,1H2,2H3/b4-3-,15-5-;5-4-,7-6?.